The molecule has 3 N–H and O–H groups in total. The van der Waals surface area contributed by atoms with Crippen molar-refractivity contribution in [1.82, 2.24) is 10.6 Å². The monoisotopic (exact) mass is 287 g/mol. The van der Waals surface area contributed by atoms with E-state index in [1.54, 1.807) is 6.92 Å². The first-order valence-corrected chi connectivity index (χ1v) is 7.21. The quantitative estimate of drug-likeness (QED) is 0.477. The van der Waals surface area contributed by atoms with E-state index in [4.69, 9.17) is 4.74 Å². The molecule has 1 saturated heterocycles. The molecule has 2 amide bonds. The van der Waals surface area contributed by atoms with Gasteiger partial charge in [0.2, 0.25) is 0 Å². The number of nitrogens with one attached hydrogen (secondary N) is 3. The fraction of sp³-hybridized carbons (Fsp3) is 0.846. The van der Waals surface area contributed by atoms with E-state index in [1.807, 2.05) is 6.92 Å². The topological polar surface area (TPSA) is 94.9 Å². The average molecular weight is 287 g/mol. The molecule has 1 aliphatic rings. The van der Waals surface area contributed by atoms with Crippen LogP contribution in [-0.2, 0) is 9.53 Å². The second kappa shape index (κ2) is 8.76. The van der Waals surface area contributed by atoms with E-state index < -0.39 is 18.0 Å². The van der Waals surface area contributed by atoms with Gasteiger partial charge in [0.05, 0.1) is 38.3 Å². The van der Waals surface area contributed by atoms with Crippen molar-refractivity contribution < 1.29 is 24.3 Å². The van der Waals surface area contributed by atoms with Crippen LogP contribution < -0.4 is 20.6 Å². The predicted molar refractivity (Wildman–Crippen MR) is 71.2 cm³/mol. The third-order valence-electron chi connectivity index (χ3n) is 3.72. The molecule has 0 aromatic rings. The summed E-state index contributed by atoms with van der Waals surface area (Å²) in [4.78, 5) is 24.0. The van der Waals surface area contributed by atoms with Crippen LogP contribution in [0.5, 0.6) is 0 Å². The molecule has 0 bridgehead atoms. The van der Waals surface area contributed by atoms with Crippen LogP contribution in [0.2, 0.25) is 0 Å². The molecular weight excluding hydrogens is 262 g/mol. The summed E-state index contributed by atoms with van der Waals surface area (Å²) in [5.74, 6) is -1.40. The summed E-state index contributed by atoms with van der Waals surface area (Å²) in [5, 5.41) is 16.1. The molecule has 0 aromatic heterocycles. The molecule has 2 atom stereocenters. The van der Waals surface area contributed by atoms with Crippen molar-refractivity contribution in [3.63, 3.8) is 0 Å². The van der Waals surface area contributed by atoms with Gasteiger partial charge >= 0.3 is 6.03 Å². The van der Waals surface area contributed by atoms with Crippen molar-refractivity contribution in [2.24, 2.45) is 5.92 Å². The van der Waals surface area contributed by atoms with Crippen molar-refractivity contribution in [1.29, 1.82) is 0 Å². The maximum Gasteiger partial charge on any atom is 0.315 e. The second-order valence-electron chi connectivity index (χ2n) is 5.19. The van der Waals surface area contributed by atoms with E-state index in [1.165, 1.54) is 4.90 Å². The van der Waals surface area contributed by atoms with E-state index in [9.17, 15) is 14.7 Å². The lowest BCUT2D eigenvalue weighted by Gasteiger charge is -2.26. The lowest BCUT2D eigenvalue weighted by molar-refractivity contribution is -0.906. The van der Waals surface area contributed by atoms with Gasteiger partial charge in [-0.05, 0) is 5.92 Å². The molecule has 0 radical (unpaired) electrons. The number of morpholine rings is 1. The van der Waals surface area contributed by atoms with Crippen molar-refractivity contribution >= 4 is 12.0 Å². The Morgan fingerprint density at radius 2 is 2.00 bits per heavy atom. The normalized spacial score (nSPS) is 19.1. The number of aliphatic carboxylic acids is 1. The van der Waals surface area contributed by atoms with Crippen LogP contribution >= 0.6 is 0 Å². The molecule has 1 fully saturated rings. The molecule has 0 aromatic carbocycles. The van der Waals surface area contributed by atoms with Gasteiger partial charge in [0, 0.05) is 0 Å². The molecule has 0 unspecified atom stereocenters. The largest absolute Gasteiger partial charge is 0.548 e. The molecular formula is C13H25N3O4. The van der Waals surface area contributed by atoms with E-state index >= 15 is 0 Å². The predicted octanol–water partition coefficient (Wildman–Crippen LogP) is -2.63. The summed E-state index contributed by atoms with van der Waals surface area (Å²) in [6.45, 7) is 8.37. The zero-order valence-electron chi connectivity index (χ0n) is 12.2. The third-order valence-corrected chi connectivity index (χ3v) is 3.72. The number of carbonyl (C=O) groups is 2. The van der Waals surface area contributed by atoms with Gasteiger partial charge in [0.15, 0.2) is 0 Å². The summed E-state index contributed by atoms with van der Waals surface area (Å²) in [6, 6.07) is -1.40. The number of urea groups is 1. The van der Waals surface area contributed by atoms with Gasteiger partial charge in [-0.15, -0.1) is 0 Å². The van der Waals surface area contributed by atoms with Gasteiger partial charge in [-0.3, -0.25) is 0 Å². The van der Waals surface area contributed by atoms with Crippen LogP contribution in [0.15, 0.2) is 0 Å². The van der Waals surface area contributed by atoms with Gasteiger partial charge in [0.25, 0.3) is 0 Å². The first-order chi connectivity index (χ1) is 9.54. The van der Waals surface area contributed by atoms with Gasteiger partial charge in [-0.2, -0.15) is 0 Å². The first-order valence-electron chi connectivity index (χ1n) is 7.21. The number of quaternary nitrogens is 1. The van der Waals surface area contributed by atoms with E-state index in [-0.39, 0.29) is 5.92 Å². The highest BCUT2D eigenvalue weighted by Gasteiger charge is 2.19. The van der Waals surface area contributed by atoms with Crippen LogP contribution in [-0.4, -0.2) is 57.4 Å². The molecule has 0 spiro atoms. The number of amides is 2. The Morgan fingerprint density at radius 3 is 2.55 bits per heavy atom. The second-order valence-corrected chi connectivity index (χ2v) is 5.19. The van der Waals surface area contributed by atoms with Gasteiger partial charge in [0.1, 0.15) is 13.1 Å². The fourth-order valence-corrected chi connectivity index (χ4v) is 2.12. The summed E-state index contributed by atoms with van der Waals surface area (Å²) in [5.41, 5.74) is 0. The highest BCUT2D eigenvalue weighted by Crippen LogP contribution is 2.06. The van der Waals surface area contributed by atoms with Gasteiger partial charge < -0.3 is 30.2 Å². The average Bonchev–Trinajstić information content (AvgIpc) is 2.45. The molecule has 116 valence electrons. The first kappa shape index (κ1) is 16.7. The van der Waals surface area contributed by atoms with Crippen molar-refractivity contribution in [3.8, 4) is 0 Å². The number of hydrogen-bond donors (Lipinski definition) is 3. The zero-order chi connectivity index (χ0) is 15.0. The van der Waals surface area contributed by atoms with E-state index in [2.05, 4.69) is 10.6 Å². The van der Waals surface area contributed by atoms with Crippen LogP contribution in [0.4, 0.5) is 4.79 Å². The fourth-order valence-electron chi connectivity index (χ4n) is 2.12. The number of carbonyl (C=O) groups excluding carboxylic acids is 2. The third kappa shape index (κ3) is 5.75. The summed E-state index contributed by atoms with van der Waals surface area (Å²) < 4.78 is 5.25. The van der Waals surface area contributed by atoms with Crippen molar-refractivity contribution in [3.05, 3.63) is 0 Å². The maximum atomic E-state index is 11.7. The lowest BCUT2D eigenvalue weighted by atomic mass is 9.99. The number of rotatable bonds is 7. The molecule has 0 aliphatic carbocycles. The van der Waals surface area contributed by atoms with Crippen molar-refractivity contribution in [2.75, 3.05) is 39.4 Å². The lowest BCUT2D eigenvalue weighted by Crippen LogP contribution is -3.14. The SMILES string of the molecule is CC[C@@H](C)[C@H](NC(=O)NCC[NH+]1CCOCC1)C(=O)[O-]. The van der Waals surface area contributed by atoms with Crippen LogP contribution in [0, 0.1) is 5.92 Å². The minimum atomic E-state index is -1.24. The minimum absolute atomic E-state index is 0.157. The Bertz CT molecular complexity index is 319. The molecule has 0 saturated carbocycles. The summed E-state index contributed by atoms with van der Waals surface area (Å²) in [6.07, 6.45) is 0.664. The number of ether oxygens (including phenoxy) is 1. The highest BCUT2D eigenvalue weighted by atomic mass is 16.5. The maximum absolute atomic E-state index is 11.7. The molecule has 1 aliphatic heterocycles. The van der Waals surface area contributed by atoms with E-state index in [0.29, 0.717) is 13.0 Å². The van der Waals surface area contributed by atoms with Crippen LogP contribution in [0.25, 0.3) is 0 Å². The molecule has 1 heterocycles. The zero-order valence-corrected chi connectivity index (χ0v) is 12.2. The van der Waals surface area contributed by atoms with Crippen LogP contribution in [0.3, 0.4) is 0 Å². The summed E-state index contributed by atoms with van der Waals surface area (Å²) >= 11 is 0. The number of carboxylic acids is 1. The van der Waals surface area contributed by atoms with Gasteiger partial charge in [-0.1, -0.05) is 20.3 Å². The number of carboxylic acid groups (broad SMARTS) is 1. The standard InChI is InChI=1S/C13H25N3O4/c1-3-10(2)11(12(17)18)15-13(19)14-4-5-16-6-8-20-9-7-16/h10-11H,3-9H2,1-2H3,(H,17,18)(H2,14,15,19)/t10-,11+/m1/s1. The van der Waals surface area contributed by atoms with Gasteiger partial charge in [-0.25, -0.2) is 4.79 Å². The van der Waals surface area contributed by atoms with Crippen molar-refractivity contribution in [2.45, 2.75) is 26.3 Å². The summed E-state index contributed by atoms with van der Waals surface area (Å²) in [7, 11) is 0. The minimum Gasteiger partial charge on any atom is -0.548 e. The molecule has 7 nitrogen and oxygen atoms in total. The highest BCUT2D eigenvalue weighted by molar-refractivity contribution is 5.81. The molecule has 20 heavy (non-hydrogen) atoms. The Labute approximate surface area is 119 Å². The smallest absolute Gasteiger partial charge is 0.315 e. The van der Waals surface area contributed by atoms with E-state index in [0.717, 1.165) is 32.8 Å². The Kier molecular flexibility index (Phi) is 7.32. The Hall–Kier alpha value is -1.34. The molecule has 7 heteroatoms. The van der Waals surface area contributed by atoms with Crippen LogP contribution in [0.1, 0.15) is 20.3 Å². The number of hydrogen-bond acceptors (Lipinski definition) is 4. The molecule has 1 rings (SSSR count). The Morgan fingerprint density at radius 1 is 1.35 bits per heavy atom. The Balaban J connectivity index is 2.25.